The van der Waals surface area contributed by atoms with Gasteiger partial charge in [-0.3, -0.25) is 4.79 Å². The molecule has 0 aliphatic carbocycles. The number of aryl methyl sites for hydroxylation is 2. The molecule has 254 valence electrons. The van der Waals surface area contributed by atoms with Crippen LogP contribution in [0, 0.1) is 36.8 Å². The molecule has 1 aliphatic heterocycles. The van der Waals surface area contributed by atoms with Crippen molar-refractivity contribution in [2.24, 2.45) is 0 Å². The van der Waals surface area contributed by atoms with E-state index in [9.17, 15) is 19.6 Å². The molecule has 4 aromatic rings. The zero-order chi connectivity index (χ0) is 33.0. The number of nitrogens with zero attached hydrogens (tertiary/aromatic N) is 5. The van der Waals surface area contributed by atoms with Crippen LogP contribution in [0.1, 0.15) is 46.8 Å². The van der Waals surface area contributed by atoms with Crippen molar-refractivity contribution in [3.05, 3.63) is 98.9 Å². The van der Waals surface area contributed by atoms with E-state index in [0.29, 0.717) is 35.0 Å². The molecule has 0 bridgehead atoms. The van der Waals surface area contributed by atoms with Gasteiger partial charge in [0.25, 0.3) is 12.5 Å². The number of hydrazine groups is 1. The number of β-amino-alcohol motifs (C(OH)–C–C–N with tert-alkyl or cyclic N) is 1. The average Bonchev–Trinajstić information content (AvgIpc) is 3.64. The molecule has 1 aliphatic rings. The molecular weight excluding hydrogens is 770 g/mol. The van der Waals surface area contributed by atoms with Crippen LogP contribution in [0.2, 0.25) is 0 Å². The number of likely N-dealkylation sites (N-methyl/N-ethyl adjacent to an activating group) is 1. The molecular formula is C34H36Br2F2N6O3S. The second-order valence-electron chi connectivity index (χ2n) is 11.1. The summed E-state index contributed by atoms with van der Waals surface area (Å²) in [4.78, 5) is 17.1. The Labute approximate surface area is 303 Å². The smallest absolute Gasteiger partial charge is 0.325 e. The molecule has 14 heteroatoms. The molecule has 2 N–H and O–H groups in total. The fraction of sp³-hybridized carbons (Fsp3) is 0.294. The number of aromatic nitrogens is 1. The standard InChI is InChI=1S/C34H35F2N6O3S.2BrH/c1-5-27(43)18-41-20-40(17-24-12-21(2)32(22(3)13-24)45-31(44)16-38-4)34(42(41)30-11-10-26(35)14-28(30)36)33-39-29(19-46-33)25-8-6-23(15-37)7-9-25;;/h6-14,19-20,27,34,38,43H,5,16-18H2,1-4H3;2*1H/q+1;;/p-1. The Morgan fingerprint density at radius 2 is 1.85 bits per heavy atom. The number of aliphatic hydroxyl groups excluding tert-OH is 1. The molecule has 5 rings (SSSR count). The van der Waals surface area contributed by atoms with Gasteiger partial charge in [-0.05, 0) is 80.4 Å². The number of hydrogen-bond donors (Lipinski definition) is 2. The number of nitriles is 1. The Bertz CT molecular complexity index is 1790. The van der Waals surface area contributed by atoms with Crippen molar-refractivity contribution in [1.29, 1.82) is 5.26 Å². The summed E-state index contributed by atoms with van der Waals surface area (Å²) in [6.45, 7) is 6.21. The van der Waals surface area contributed by atoms with Crippen LogP contribution in [-0.4, -0.2) is 58.2 Å². The number of nitrogens with one attached hydrogen (secondary N) is 1. The summed E-state index contributed by atoms with van der Waals surface area (Å²) < 4.78 is 37.1. The topological polar surface area (TPSA) is 105 Å². The molecule has 0 fully saturated rings. The third-order valence-electron chi connectivity index (χ3n) is 7.60. The van der Waals surface area contributed by atoms with Crippen LogP contribution in [0.25, 0.3) is 11.3 Å². The first kappa shape index (κ1) is 38.7. The lowest BCUT2D eigenvalue weighted by atomic mass is 10.1. The van der Waals surface area contributed by atoms with Crippen LogP contribution in [0.4, 0.5) is 14.5 Å². The van der Waals surface area contributed by atoms with Crippen LogP contribution in [0.15, 0.2) is 60.0 Å². The van der Waals surface area contributed by atoms with Crippen LogP contribution < -0.4 is 32.0 Å². The van der Waals surface area contributed by atoms with E-state index in [1.807, 2.05) is 61.3 Å². The highest BCUT2D eigenvalue weighted by atomic mass is 79.9. The van der Waals surface area contributed by atoms with Gasteiger partial charge in [-0.1, -0.05) is 19.1 Å². The van der Waals surface area contributed by atoms with E-state index in [2.05, 4.69) is 11.4 Å². The number of benzene rings is 3. The summed E-state index contributed by atoms with van der Waals surface area (Å²) in [5.74, 6) is -1.34. The first-order valence-corrected chi connectivity index (χ1v) is 15.7. The monoisotopic (exact) mass is 804 g/mol. The number of carbonyl (C=O) groups is 1. The highest BCUT2D eigenvalue weighted by Crippen LogP contribution is 2.38. The Balaban J connectivity index is 0.00000312. The van der Waals surface area contributed by atoms with Crippen molar-refractivity contribution in [3.63, 3.8) is 0 Å². The van der Waals surface area contributed by atoms with Gasteiger partial charge in [0.05, 0.1) is 30.0 Å². The quantitative estimate of drug-likeness (QED) is 0.136. The number of halogens is 4. The molecule has 2 atom stereocenters. The third kappa shape index (κ3) is 8.64. The minimum atomic E-state index is -0.750. The number of thiazole rings is 1. The highest BCUT2D eigenvalue weighted by Gasteiger charge is 2.45. The molecule has 0 spiro atoms. The second-order valence-corrected chi connectivity index (χ2v) is 12.0. The van der Waals surface area contributed by atoms with E-state index >= 15 is 4.39 Å². The number of esters is 1. The predicted octanol–water partition coefficient (Wildman–Crippen LogP) is 3.03. The van der Waals surface area contributed by atoms with Crippen LogP contribution >= 0.6 is 28.3 Å². The van der Waals surface area contributed by atoms with Gasteiger partial charge in [0.15, 0.2) is 10.8 Å². The predicted molar refractivity (Wildman–Crippen MR) is 183 cm³/mol. The fourth-order valence-electron chi connectivity index (χ4n) is 5.41. The van der Waals surface area contributed by atoms with Crippen LogP contribution in [-0.2, 0) is 11.3 Å². The molecule has 1 aromatic heterocycles. The molecule has 0 amide bonds. The highest BCUT2D eigenvalue weighted by molar-refractivity contribution is 8.93. The molecule has 9 nitrogen and oxygen atoms in total. The molecule has 2 unspecified atom stereocenters. The minimum absolute atomic E-state index is 0. The maximum atomic E-state index is 15.5. The Morgan fingerprint density at radius 3 is 2.46 bits per heavy atom. The first-order chi connectivity index (χ1) is 22.1. The van der Waals surface area contributed by atoms with Crippen molar-refractivity contribution < 1.29 is 45.0 Å². The first-order valence-electron chi connectivity index (χ1n) is 14.8. The molecule has 3 aromatic carbocycles. The summed E-state index contributed by atoms with van der Waals surface area (Å²) >= 11 is 1.39. The lowest BCUT2D eigenvalue weighted by Crippen LogP contribution is -3.00. The van der Waals surface area contributed by atoms with Crippen molar-refractivity contribution in [3.8, 4) is 23.1 Å². The van der Waals surface area contributed by atoms with Gasteiger partial charge in [0, 0.05) is 17.0 Å². The van der Waals surface area contributed by atoms with Gasteiger partial charge in [-0.15, -0.1) is 28.3 Å². The van der Waals surface area contributed by atoms with E-state index in [0.717, 1.165) is 28.3 Å². The average molecular weight is 807 g/mol. The number of ether oxygens (including phenoxy) is 1. The lowest BCUT2D eigenvalue weighted by Gasteiger charge is -2.28. The zero-order valence-electron chi connectivity index (χ0n) is 26.8. The number of carbonyl (C=O) groups excluding carboxylic acids is 1. The van der Waals surface area contributed by atoms with E-state index in [4.69, 9.17) is 9.72 Å². The Morgan fingerprint density at radius 1 is 1.17 bits per heavy atom. The molecule has 0 saturated carbocycles. The van der Waals surface area contributed by atoms with Crippen molar-refractivity contribution in [1.82, 2.24) is 15.3 Å². The van der Waals surface area contributed by atoms with E-state index < -0.39 is 29.9 Å². The molecule has 0 radical (unpaired) electrons. The number of rotatable bonds is 11. The summed E-state index contributed by atoms with van der Waals surface area (Å²) in [6, 6.07) is 16.5. The zero-order valence-corrected chi connectivity index (χ0v) is 30.9. The van der Waals surface area contributed by atoms with Gasteiger partial charge in [0.2, 0.25) is 0 Å². The van der Waals surface area contributed by atoms with E-state index in [1.165, 1.54) is 23.5 Å². The third-order valence-corrected chi connectivity index (χ3v) is 8.49. The Hall–Kier alpha value is -3.74. The van der Waals surface area contributed by atoms with Crippen molar-refractivity contribution in [2.45, 2.75) is 46.0 Å². The largest absolute Gasteiger partial charge is 1.00 e. The van der Waals surface area contributed by atoms with Crippen LogP contribution in [0.3, 0.4) is 0 Å². The number of anilines is 1. The normalized spacial score (nSPS) is 14.5. The summed E-state index contributed by atoms with van der Waals surface area (Å²) in [7, 11) is 1.67. The van der Waals surface area contributed by atoms with Gasteiger partial charge >= 0.3 is 5.97 Å². The second kappa shape index (κ2) is 17.1. The molecule has 0 saturated heterocycles. The minimum Gasteiger partial charge on any atom is -1.00 e. The van der Waals surface area contributed by atoms with Crippen molar-refractivity contribution >= 4 is 46.3 Å². The lowest BCUT2D eigenvalue weighted by molar-refractivity contribution is -0.575. The summed E-state index contributed by atoms with van der Waals surface area (Å²) in [5, 5.41) is 28.7. The van der Waals surface area contributed by atoms with Gasteiger partial charge in [0.1, 0.15) is 30.3 Å². The fourth-order valence-corrected chi connectivity index (χ4v) is 6.34. The number of aliphatic hydroxyl groups is 1. The van der Waals surface area contributed by atoms with E-state index in [1.54, 1.807) is 29.2 Å². The SMILES string of the molecule is Br.CCC(O)CN1C=[N+](Cc2cc(C)c(OC(=O)CNC)c(C)c2)C(c2nc(-c3ccc(C#N)cc3)cs2)N1c1ccc(F)cc1F.[Br-]. The van der Waals surface area contributed by atoms with E-state index in [-0.39, 0.29) is 52.7 Å². The molecule has 2 heterocycles. The van der Waals surface area contributed by atoms with Gasteiger partial charge < -0.3 is 32.1 Å². The Kier molecular flexibility index (Phi) is 13.8. The van der Waals surface area contributed by atoms with Gasteiger partial charge in [-0.25, -0.2) is 18.3 Å². The van der Waals surface area contributed by atoms with Crippen LogP contribution in [0.5, 0.6) is 5.75 Å². The number of hydrogen-bond acceptors (Lipinski definition) is 9. The summed E-state index contributed by atoms with van der Waals surface area (Å²) in [5.41, 5.74) is 4.65. The maximum absolute atomic E-state index is 15.5. The maximum Gasteiger partial charge on any atom is 0.325 e. The van der Waals surface area contributed by atoms with Gasteiger partial charge in [-0.2, -0.15) is 15.3 Å². The van der Waals surface area contributed by atoms with Crippen molar-refractivity contribution in [2.75, 3.05) is 25.1 Å². The molecule has 48 heavy (non-hydrogen) atoms. The summed E-state index contributed by atoms with van der Waals surface area (Å²) in [6.07, 6.45) is 0.918.